The van der Waals surface area contributed by atoms with Crippen LogP contribution in [0.2, 0.25) is 0 Å². The average molecular weight is 197 g/mol. The van der Waals surface area contributed by atoms with E-state index in [-0.39, 0.29) is 12.1 Å². The Kier molecular flexibility index (Phi) is 2.63. The molecule has 4 nitrogen and oxygen atoms in total. The Labute approximate surface area is 84.8 Å². The van der Waals surface area contributed by atoms with Crippen molar-refractivity contribution >= 4 is 5.84 Å². The predicted octanol–water partition coefficient (Wildman–Crippen LogP) is 0.656. The van der Waals surface area contributed by atoms with Crippen molar-refractivity contribution in [2.24, 2.45) is 10.8 Å². The molecular formula is C10H19N3O. The lowest BCUT2D eigenvalue weighted by Crippen LogP contribution is -2.44. The molecule has 0 aromatic carbocycles. The number of aliphatic hydroxyl groups excluding tert-OH is 1. The molecule has 3 atom stereocenters. The molecule has 1 fully saturated rings. The van der Waals surface area contributed by atoms with E-state index in [0.29, 0.717) is 11.9 Å². The Hall–Kier alpha value is -0.770. The SMILES string of the molecule is CC1CC(N)=NN1C1CCCCC1O. The minimum atomic E-state index is -0.221. The Morgan fingerprint density at radius 2 is 2.14 bits per heavy atom. The van der Waals surface area contributed by atoms with Crippen molar-refractivity contribution in [1.29, 1.82) is 0 Å². The second-order valence-corrected chi connectivity index (χ2v) is 4.44. The van der Waals surface area contributed by atoms with Crippen LogP contribution in [-0.2, 0) is 0 Å². The van der Waals surface area contributed by atoms with Gasteiger partial charge >= 0.3 is 0 Å². The molecule has 4 heteroatoms. The number of hydrogen-bond acceptors (Lipinski definition) is 4. The maximum Gasteiger partial charge on any atom is 0.121 e. The molecule has 2 aliphatic rings. The zero-order valence-electron chi connectivity index (χ0n) is 8.69. The third-order valence-corrected chi connectivity index (χ3v) is 3.23. The van der Waals surface area contributed by atoms with Crippen LogP contribution in [0.25, 0.3) is 0 Å². The highest BCUT2D eigenvalue weighted by Gasteiger charge is 2.33. The van der Waals surface area contributed by atoms with Gasteiger partial charge in [-0.2, -0.15) is 5.10 Å². The van der Waals surface area contributed by atoms with Crippen molar-refractivity contribution in [2.75, 3.05) is 0 Å². The van der Waals surface area contributed by atoms with Crippen LogP contribution in [0.15, 0.2) is 5.10 Å². The van der Waals surface area contributed by atoms with E-state index in [1.54, 1.807) is 0 Å². The van der Waals surface area contributed by atoms with Gasteiger partial charge in [-0.15, -0.1) is 0 Å². The van der Waals surface area contributed by atoms with Crippen LogP contribution in [0.4, 0.5) is 0 Å². The van der Waals surface area contributed by atoms with Crippen molar-refractivity contribution in [3.8, 4) is 0 Å². The number of aliphatic hydroxyl groups is 1. The zero-order valence-corrected chi connectivity index (χ0v) is 8.69. The maximum atomic E-state index is 9.88. The topological polar surface area (TPSA) is 61.8 Å². The molecule has 1 aliphatic heterocycles. The first-order valence-electron chi connectivity index (χ1n) is 5.48. The van der Waals surface area contributed by atoms with E-state index in [1.165, 1.54) is 6.42 Å². The minimum Gasteiger partial charge on any atom is -0.391 e. The van der Waals surface area contributed by atoms with Gasteiger partial charge in [-0.25, -0.2) is 0 Å². The van der Waals surface area contributed by atoms with Gasteiger partial charge in [0.15, 0.2) is 0 Å². The fourth-order valence-electron chi connectivity index (χ4n) is 2.49. The highest BCUT2D eigenvalue weighted by Crippen LogP contribution is 2.27. The summed E-state index contributed by atoms with van der Waals surface area (Å²) >= 11 is 0. The summed E-state index contributed by atoms with van der Waals surface area (Å²) in [5.74, 6) is 0.704. The van der Waals surface area contributed by atoms with Crippen LogP contribution in [0.3, 0.4) is 0 Å². The van der Waals surface area contributed by atoms with Gasteiger partial charge in [-0.3, -0.25) is 5.01 Å². The summed E-state index contributed by atoms with van der Waals surface area (Å²) in [6, 6.07) is 0.549. The molecular weight excluding hydrogens is 178 g/mol. The van der Waals surface area contributed by atoms with Crippen LogP contribution < -0.4 is 5.73 Å². The summed E-state index contributed by atoms with van der Waals surface area (Å²) < 4.78 is 0. The van der Waals surface area contributed by atoms with Crippen LogP contribution in [0, 0.1) is 0 Å². The molecule has 80 valence electrons. The standard InChI is InChI=1S/C10H19N3O/c1-7-6-10(11)12-13(7)8-4-2-3-5-9(8)14/h7-9,14H,2-6H2,1H3,(H2,11,12). The van der Waals surface area contributed by atoms with E-state index in [1.807, 2.05) is 5.01 Å². The van der Waals surface area contributed by atoms with Gasteiger partial charge in [-0.05, 0) is 19.8 Å². The lowest BCUT2D eigenvalue weighted by Gasteiger charge is -2.36. The first kappa shape index (κ1) is 9.77. The third-order valence-electron chi connectivity index (χ3n) is 3.23. The van der Waals surface area contributed by atoms with Gasteiger partial charge in [-0.1, -0.05) is 12.8 Å². The average Bonchev–Trinajstić information content (AvgIpc) is 2.46. The third kappa shape index (κ3) is 1.71. The number of nitrogens with two attached hydrogens (primary N) is 1. The van der Waals surface area contributed by atoms with E-state index in [4.69, 9.17) is 5.73 Å². The van der Waals surface area contributed by atoms with Gasteiger partial charge in [0.05, 0.1) is 18.2 Å². The summed E-state index contributed by atoms with van der Waals surface area (Å²) in [6.07, 6.45) is 4.90. The van der Waals surface area contributed by atoms with Crippen LogP contribution in [0.1, 0.15) is 39.0 Å². The molecule has 3 unspecified atom stereocenters. The van der Waals surface area contributed by atoms with E-state index in [9.17, 15) is 5.11 Å². The lowest BCUT2D eigenvalue weighted by atomic mass is 9.91. The maximum absolute atomic E-state index is 9.88. The molecule has 2 rings (SSSR count). The van der Waals surface area contributed by atoms with E-state index in [2.05, 4.69) is 12.0 Å². The molecule has 3 N–H and O–H groups in total. The summed E-state index contributed by atoms with van der Waals surface area (Å²) in [7, 11) is 0. The quantitative estimate of drug-likeness (QED) is 0.649. The fourth-order valence-corrected chi connectivity index (χ4v) is 2.49. The number of amidine groups is 1. The highest BCUT2D eigenvalue weighted by molar-refractivity contribution is 5.82. The van der Waals surface area contributed by atoms with E-state index >= 15 is 0 Å². The Morgan fingerprint density at radius 3 is 2.71 bits per heavy atom. The molecule has 1 heterocycles. The number of rotatable bonds is 1. The van der Waals surface area contributed by atoms with Gasteiger partial charge in [0.2, 0.25) is 0 Å². The van der Waals surface area contributed by atoms with Crippen LogP contribution >= 0.6 is 0 Å². The molecule has 0 bridgehead atoms. The first-order valence-corrected chi connectivity index (χ1v) is 5.48. The molecule has 0 aromatic heterocycles. The predicted molar refractivity (Wildman–Crippen MR) is 55.8 cm³/mol. The van der Waals surface area contributed by atoms with Crippen molar-refractivity contribution in [1.82, 2.24) is 5.01 Å². The van der Waals surface area contributed by atoms with Gasteiger partial charge in [0, 0.05) is 6.42 Å². The minimum absolute atomic E-state index is 0.194. The molecule has 0 radical (unpaired) electrons. The largest absolute Gasteiger partial charge is 0.391 e. The summed E-state index contributed by atoms with van der Waals surface area (Å²) in [6.45, 7) is 2.12. The number of hydrazone groups is 1. The molecule has 14 heavy (non-hydrogen) atoms. The molecule has 1 aliphatic carbocycles. The van der Waals surface area contributed by atoms with E-state index < -0.39 is 0 Å². The second kappa shape index (κ2) is 3.77. The number of nitrogens with zero attached hydrogens (tertiary/aromatic N) is 2. The molecule has 0 amide bonds. The smallest absolute Gasteiger partial charge is 0.121 e. The molecule has 0 aromatic rings. The van der Waals surface area contributed by atoms with Gasteiger partial charge in [0.1, 0.15) is 5.84 Å². The first-order chi connectivity index (χ1) is 6.68. The van der Waals surface area contributed by atoms with Gasteiger partial charge < -0.3 is 10.8 Å². The van der Waals surface area contributed by atoms with Crippen LogP contribution in [-0.4, -0.2) is 34.1 Å². The summed E-state index contributed by atoms with van der Waals surface area (Å²) in [5, 5.41) is 16.2. The van der Waals surface area contributed by atoms with Gasteiger partial charge in [0.25, 0.3) is 0 Å². The van der Waals surface area contributed by atoms with Crippen molar-refractivity contribution in [3.05, 3.63) is 0 Å². The Balaban J connectivity index is 2.06. The molecule has 1 saturated carbocycles. The Bertz CT molecular complexity index is 242. The van der Waals surface area contributed by atoms with Crippen molar-refractivity contribution in [2.45, 2.75) is 57.2 Å². The Morgan fingerprint density at radius 1 is 1.43 bits per heavy atom. The molecule has 0 spiro atoms. The summed E-state index contributed by atoms with van der Waals surface area (Å²) in [5.41, 5.74) is 5.69. The normalized spacial score (nSPS) is 38.6. The summed E-state index contributed by atoms with van der Waals surface area (Å²) in [4.78, 5) is 0. The number of hydrogen-bond donors (Lipinski definition) is 2. The highest BCUT2D eigenvalue weighted by atomic mass is 16.3. The van der Waals surface area contributed by atoms with E-state index in [0.717, 1.165) is 25.7 Å². The van der Waals surface area contributed by atoms with Crippen LogP contribution in [0.5, 0.6) is 0 Å². The zero-order chi connectivity index (χ0) is 10.1. The monoisotopic (exact) mass is 197 g/mol. The van der Waals surface area contributed by atoms with Crippen molar-refractivity contribution in [3.63, 3.8) is 0 Å². The molecule has 0 saturated heterocycles. The second-order valence-electron chi connectivity index (χ2n) is 4.44. The fraction of sp³-hybridized carbons (Fsp3) is 0.900. The lowest BCUT2D eigenvalue weighted by molar-refractivity contribution is 0.00998. The van der Waals surface area contributed by atoms with Crippen molar-refractivity contribution < 1.29 is 5.11 Å².